The number of piperidine rings is 1. The summed E-state index contributed by atoms with van der Waals surface area (Å²) in [6, 6.07) is 11.3. The van der Waals surface area contributed by atoms with E-state index in [4.69, 9.17) is 10.7 Å². The minimum absolute atomic E-state index is 0.333. The van der Waals surface area contributed by atoms with Crippen molar-refractivity contribution in [2.24, 2.45) is 10.7 Å². The van der Waals surface area contributed by atoms with Gasteiger partial charge in [0, 0.05) is 51.0 Å². The Hall–Kier alpha value is -2.34. The number of benzene rings is 1. The molecule has 6 heteroatoms. The van der Waals surface area contributed by atoms with Crippen molar-refractivity contribution in [3.05, 3.63) is 54.1 Å². The molecule has 0 aliphatic carbocycles. The van der Waals surface area contributed by atoms with E-state index in [0.717, 1.165) is 57.7 Å². The Kier molecular flexibility index (Phi) is 5.20. The van der Waals surface area contributed by atoms with Crippen LogP contribution < -0.4 is 11.1 Å². The van der Waals surface area contributed by atoms with Crippen molar-refractivity contribution in [3.63, 3.8) is 0 Å². The van der Waals surface area contributed by atoms with Gasteiger partial charge in [0.2, 0.25) is 0 Å². The molecule has 26 heavy (non-hydrogen) atoms. The van der Waals surface area contributed by atoms with Crippen LogP contribution in [-0.4, -0.2) is 45.6 Å². The van der Waals surface area contributed by atoms with Crippen molar-refractivity contribution in [3.8, 4) is 0 Å². The van der Waals surface area contributed by atoms with Crippen LogP contribution in [0.4, 0.5) is 0 Å². The van der Waals surface area contributed by atoms with Gasteiger partial charge in [0.15, 0.2) is 5.96 Å². The van der Waals surface area contributed by atoms with Gasteiger partial charge in [-0.3, -0.25) is 9.89 Å². The fourth-order valence-corrected chi connectivity index (χ4v) is 3.97. The van der Waals surface area contributed by atoms with Crippen molar-refractivity contribution in [2.45, 2.75) is 50.9 Å². The van der Waals surface area contributed by atoms with Crippen LogP contribution in [0.25, 0.3) is 0 Å². The van der Waals surface area contributed by atoms with Gasteiger partial charge in [-0.2, -0.15) is 0 Å². The van der Waals surface area contributed by atoms with E-state index in [2.05, 4.69) is 50.1 Å². The minimum Gasteiger partial charge on any atom is -0.370 e. The third kappa shape index (κ3) is 4.25. The first-order chi connectivity index (χ1) is 12.8. The molecule has 0 amide bonds. The Labute approximate surface area is 155 Å². The van der Waals surface area contributed by atoms with Crippen LogP contribution in [0.2, 0.25) is 0 Å². The molecule has 1 aromatic carbocycles. The zero-order chi connectivity index (χ0) is 17.8. The number of fused-ring (bicyclic) bond motifs is 1. The molecule has 2 aliphatic rings. The highest BCUT2D eigenvalue weighted by atomic mass is 15.2. The van der Waals surface area contributed by atoms with Gasteiger partial charge in [-0.15, -0.1) is 0 Å². The molecule has 138 valence electrons. The molecular formula is C20H28N6. The number of nitrogens with zero attached hydrogens (tertiary/aromatic N) is 4. The van der Waals surface area contributed by atoms with Crippen LogP contribution in [0.1, 0.15) is 30.7 Å². The number of hydrogen-bond donors (Lipinski definition) is 2. The highest BCUT2D eigenvalue weighted by Gasteiger charge is 2.21. The number of aromatic nitrogens is 2. The summed E-state index contributed by atoms with van der Waals surface area (Å²) in [5, 5.41) is 3.41. The maximum atomic E-state index is 6.19. The summed E-state index contributed by atoms with van der Waals surface area (Å²) in [6.45, 7) is 4.19. The van der Waals surface area contributed by atoms with Gasteiger partial charge in [-0.1, -0.05) is 30.3 Å². The number of imidazole rings is 1. The molecule has 0 bridgehead atoms. The van der Waals surface area contributed by atoms with Crippen molar-refractivity contribution in [1.29, 1.82) is 0 Å². The van der Waals surface area contributed by atoms with Crippen molar-refractivity contribution in [2.75, 3.05) is 13.1 Å². The molecule has 1 atom stereocenters. The molecule has 0 spiro atoms. The first kappa shape index (κ1) is 17.1. The molecule has 0 saturated carbocycles. The first-order valence-corrected chi connectivity index (χ1v) is 9.62. The number of likely N-dealkylation sites (tertiary alicyclic amines) is 1. The molecule has 3 N–H and O–H groups in total. The summed E-state index contributed by atoms with van der Waals surface area (Å²) >= 11 is 0. The minimum atomic E-state index is 0.333. The Bertz CT molecular complexity index is 730. The number of guanidine groups is 1. The molecule has 1 aromatic heterocycles. The highest BCUT2D eigenvalue weighted by Crippen LogP contribution is 2.17. The molecule has 1 fully saturated rings. The maximum absolute atomic E-state index is 6.19. The average molecular weight is 352 g/mol. The number of nitrogens with one attached hydrogen (secondary N) is 1. The maximum Gasteiger partial charge on any atom is 0.189 e. The van der Waals surface area contributed by atoms with Crippen LogP contribution in [0, 0.1) is 0 Å². The molecule has 1 unspecified atom stereocenters. The fourth-order valence-electron chi connectivity index (χ4n) is 3.97. The van der Waals surface area contributed by atoms with Gasteiger partial charge < -0.3 is 15.6 Å². The fraction of sp³-hybridized carbons (Fsp3) is 0.500. The van der Waals surface area contributed by atoms with Crippen LogP contribution >= 0.6 is 0 Å². The van der Waals surface area contributed by atoms with E-state index in [1.807, 2.05) is 12.4 Å². The number of aryl methyl sites for hydroxylation is 1. The lowest BCUT2D eigenvalue weighted by atomic mass is 10.0. The molecule has 4 rings (SSSR count). The zero-order valence-electron chi connectivity index (χ0n) is 15.2. The molecule has 1 saturated heterocycles. The van der Waals surface area contributed by atoms with Gasteiger partial charge in [-0.05, 0) is 24.8 Å². The van der Waals surface area contributed by atoms with E-state index in [0.29, 0.717) is 18.0 Å². The number of hydrogen-bond acceptors (Lipinski definition) is 3. The zero-order valence-corrected chi connectivity index (χ0v) is 15.2. The predicted molar refractivity (Wildman–Crippen MR) is 104 cm³/mol. The molecular weight excluding hydrogens is 324 g/mol. The third-order valence-corrected chi connectivity index (χ3v) is 5.43. The van der Waals surface area contributed by atoms with Gasteiger partial charge >= 0.3 is 0 Å². The van der Waals surface area contributed by atoms with Crippen LogP contribution in [0.15, 0.2) is 47.7 Å². The van der Waals surface area contributed by atoms with Crippen molar-refractivity contribution < 1.29 is 0 Å². The van der Waals surface area contributed by atoms with Crippen molar-refractivity contribution >= 4 is 5.96 Å². The van der Waals surface area contributed by atoms with E-state index in [9.17, 15) is 0 Å². The molecule has 2 aliphatic heterocycles. The number of nitrogens with two attached hydrogens (primary N) is 1. The summed E-state index contributed by atoms with van der Waals surface area (Å²) in [5.74, 6) is 1.73. The van der Waals surface area contributed by atoms with E-state index in [1.165, 1.54) is 5.56 Å². The Morgan fingerprint density at radius 3 is 2.77 bits per heavy atom. The summed E-state index contributed by atoms with van der Waals surface area (Å²) < 4.78 is 2.22. The highest BCUT2D eigenvalue weighted by molar-refractivity contribution is 5.78. The molecule has 0 radical (unpaired) electrons. The lowest BCUT2D eigenvalue weighted by Crippen LogP contribution is -2.45. The number of rotatable bonds is 4. The van der Waals surface area contributed by atoms with E-state index >= 15 is 0 Å². The molecule has 6 nitrogen and oxygen atoms in total. The van der Waals surface area contributed by atoms with Gasteiger partial charge in [0.05, 0.1) is 6.04 Å². The van der Waals surface area contributed by atoms with E-state index < -0.39 is 0 Å². The predicted octanol–water partition coefficient (Wildman–Crippen LogP) is 1.77. The van der Waals surface area contributed by atoms with Crippen LogP contribution in [0.3, 0.4) is 0 Å². The second kappa shape index (κ2) is 7.91. The SMILES string of the molecule is NC(=NC1CCN(Cc2ccccc2)CC1)NC1CCn2ccnc2C1. The van der Waals surface area contributed by atoms with E-state index in [1.54, 1.807) is 0 Å². The Morgan fingerprint density at radius 2 is 1.96 bits per heavy atom. The van der Waals surface area contributed by atoms with Gasteiger partial charge in [-0.25, -0.2) is 4.98 Å². The second-order valence-electron chi connectivity index (χ2n) is 7.38. The van der Waals surface area contributed by atoms with Gasteiger partial charge in [0.25, 0.3) is 0 Å². The molecule has 2 aromatic rings. The topological polar surface area (TPSA) is 71.5 Å². The van der Waals surface area contributed by atoms with Crippen LogP contribution in [-0.2, 0) is 19.5 Å². The van der Waals surface area contributed by atoms with Crippen molar-refractivity contribution in [1.82, 2.24) is 19.8 Å². The smallest absolute Gasteiger partial charge is 0.189 e. The largest absolute Gasteiger partial charge is 0.370 e. The Balaban J connectivity index is 1.24. The summed E-state index contributed by atoms with van der Waals surface area (Å²) in [4.78, 5) is 11.7. The number of aliphatic imine (C=N–C) groups is 1. The Morgan fingerprint density at radius 1 is 1.15 bits per heavy atom. The second-order valence-corrected chi connectivity index (χ2v) is 7.38. The third-order valence-electron chi connectivity index (χ3n) is 5.43. The van der Waals surface area contributed by atoms with Crippen LogP contribution in [0.5, 0.6) is 0 Å². The normalized spacial score (nSPS) is 22.2. The molecule has 3 heterocycles. The summed E-state index contributed by atoms with van der Waals surface area (Å²) in [7, 11) is 0. The quantitative estimate of drug-likeness (QED) is 0.650. The standard InChI is InChI=1S/C20H28N6/c21-20(24-18-8-12-26-13-9-22-19(26)14-18)23-17-6-10-25(11-7-17)15-16-4-2-1-3-5-16/h1-5,9,13,17-18H,6-8,10-12,14-15H2,(H3,21,23,24). The van der Waals surface area contributed by atoms with Gasteiger partial charge in [0.1, 0.15) is 5.82 Å². The summed E-state index contributed by atoms with van der Waals surface area (Å²) in [5.41, 5.74) is 7.57. The van der Waals surface area contributed by atoms with E-state index in [-0.39, 0.29) is 0 Å². The first-order valence-electron chi connectivity index (χ1n) is 9.62. The average Bonchev–Trinajstić information content (AvgIpc) is 3.12. The summed E-state index contributed by atoms with van der Waals surface area (Å²) in [6.07, 6.45) is 8.05. The lowest BCUT2D eigenvalue weighted by Gasteiger charge is -2.31. The lowest BCUT2D eigenvalue weighted by molar-refractivity contribution is 0.206. The monoisotopic (exact) mass is 352 g/mol.